The monoisotopic (exact) mass is 221 g/mol. The first-order valence-corrected chi connectivity index (χ1v) is 6.29. The fraction of sp³-hybridized carbons (Fsp3) is 0.571. The summed E-state index contributed by atoms with van der Waals surface area (Å²) in [4.78, 5) is 0. The van der Waals surface area contributed by atoms with Gasteiger partial charge >= 0.3 is 0 Å². The molecule has 0 saturated heterocycles. The molecule has 16 heavy (non-hydrogen) atoms. The average Bonchev–Trinajstić information content (AvgIpc) is 2.24. The second-order valence-electron chi connectivity index (χ2n) is 4.38. The Morgan fingerprint density at radius 2 is 1.69 bits per heavy atom. The van der Waals surface area contributed by atoms with Gasteiger partial charge in [-0.15, -0.1) is 0 Å². The molecule has 0 heterocycles. The molecule has 0 saturated carbocycles. The first kappa shape index (κ1) is 12.9. The normalized spacial score (nSPS) is 10.6. The molecule has 0 fully saturated rings. The Balaban J connectivity index is 2.91. The van der Waals surface area contributed by atoms with Gasteiger partial charge in [0.25, 0.3) is 0 Å². The summed E-state index contributed by atoms with van der Waals surface area (Å²) in [6.07, 6.45) is 6.71. The van der Waals surface area contributed by atoms with Crippen LogP contribution in [0.15, 0.2) is 12.1 Å². The molecule has 3 N–H and O–H groups in total. The molecule has 0 aliphatic rings. The van der Waals surface area contributed by atoms with Gasteiger partial charge in [-0.2, -0.15) is 0 Å². The highest BCUT2D eigenvalue weighted by molar-refractivity contribution is 5.55. The first-order valence-electron chi connectivity index (χ1n) is 6.29. The lowest BCUT2D eigenvalue weighted by Gasteiger charge is -2.12. The summed E-state index contributed by atoms with van der Waals surface area (Å²) in [6, 6.07) is 3.54. The van der Waals surface area contributed by atoms with Gasteiger partial charge in [0.05, 0.1) is 0 Å². The van der Waals surface area contributed by atoms with Gasteiger partial charge in [0.2, 0.25) is 0 Å². The van der Waals surface area contributed by atoms with E-state index in [4.69, 9.17) is 5.73 Å². The van der Waals surface area contributed by atoms with E-state index in [9.17, 15) is 5.11 Å². The Bertz CT molecular complexity index is 334. The number of benzene rings is 1. The van der Waals surface area contributed by atoms with Crippen molar-refractivity contribution >= 4 is 5.69 Å². The molecule has 0 bridgehead atoms. The number of phenols is 1. The fourth-order valence-corrected chi connectivity index (χ4v) is 1.99. The summed E-state index contributed by atoms with van der Waals surface area (Å²) in [7, 11) is 0. The SMILES string of the molecule is CCCCc1cc(O)cc(N)c1CCCC. The van der Waals surface area contributed by atoms with Crippen LogP contribution in [0.3, 0.4) is 0 Å². The van der Waals surface area contributed by atoms with E-state index in [1.807, 2.05) is 6.07 Å². The number of hydrogen-bond donors (Lipinski definition) is 2. The molecule has 1 rings (SSSR count). The van der Waals surface area contributed by atoms with E-state index >= 15 is 0 Å². The van der Waals surface area contributed by atoms with Crippen LogP contribution in [0, 0.1) is 0 Å². The Morgan fingerprint density at radius 1 is 1.06 bits per heavy atom. The lowest BCUT2D eigenvalue weighted by Crippen LogP contribution is -2.01. The molecule has 0 spiro atoms. The quantitative estimate of drug-likeness (QED) is 0.720. The van der Waals surface area contributed by atoms with E-state index in [2.05, 4.69) is 13.8 Å². The zero-order chi connectivity index (χ0) is 12.0. The fourth-order valence-electron chi connectivity index (χ4n) is 1.99. The number of phenolic OH excluding ortho intramolecular Hbond substituents is 1. The van der Waals surface area contributed by atoms with E-state index in [1.54, 1.807) is 6.07 Å². The maximum Gasteiger partial charge on any atom is 0.117 e. The summed E-state index contributed by atoms with van der Waals surface area (Å²) < 4.78 is 0. The van der Waals surface area contributed by atoms with Crippen LogP contribution < -0.4 is 5.73 Å². The van der Waals surface area contributed by atoms with Gasteiger partial charge in [0.15, 0.2) is 0 Å². The summed E-state index contributed by atoms with van der Waals surface area (Å²) in [6.45, 7) is 4.36. The van der Waals surface area contributed by atoms with E-state index in [1.165, 1.54) is 24.0 Å². The van der Waals surface area contributed by atoms with Gasteiger partial charge in [0.1, 0.15) is 5.75 Å². The van der Waals surface area contributed by atoms with E-state index in [-0.39, 0.29) is 0 Å². The molecule has 2 heteroatoms. The minimum Gasteiger partial charge on any atom is -0.508 e. The molecule has 0 aliphatic heterocycles. The van der Waals surface area contributed by atoms with Crippen LogP contribution >= 0.6 is 0 Å². The van der Waals surface area contributed by atoms with Crippen LogP contribution in [0.4, 0.5) is 5.69 Å². The third-order valence-corrected chi connectivity index (χ3v) is 2.94. The minimum absolute atomic E-state index is 0.295. The molecule has 1 aromatic rings. The van der Waals surface area contributed by atoms with Crippen molar-refractivity contribution < 1.29 is 5.11 Å². The maximum atomic E-state index is 9.56. The predicted octanol–water partition coefficient (Wildman–Crippen LogP) is 3.66. The number of rotatable bonds is 6. The van der Waals surface area contributed by atoms with Crippen molar-refractivity contribution in [3.8, 4) is 5.75 Å². The standard InChI is InChI=1S/C14H23NO/c1-3-5-7-11-9-12(16)10-14(15)13(11)8-6-4-2/h9-10,16H,3-8,15H2,1-2H3. The predicted molar refractivity (Wildman–Crippen MR) is 69.7 cm³/mol. The zero-order valence-electron chi connectivity index (χ0n) is 10.4. The highest BCUT2D eigenvalue weighted by atomic mass is 16.3. The Labute approximate surface area is 98.5 Å². The Morgan fingerprint density at radius 3 is 2.31 bits per heavy atom. The van der Waals surface area contributed by atoms with Crippen LogP contribution in [0.5, 0.6) is 5.75 Å². The summed E-state index contributed by atoms with van der Waals surface area (Å²) in [5.41, 5.74) is 9.20. The van der Waals surface area contributed by atoms with Crippen molar-refractivity contribution in [3.05, 3.63) is 23.3 Å². The largest absolute Gasteiger partial charge is 0.508 e. The summed E-state index contributed by atoms with van der Waals surface area (Å²) in [5.74, 6) is 0.295. The number of unbranched alkanes of at least 4 members (excludes halogenated alkanes) is 2. The molecule has 0 radical (unpaired) electrons. The number of anilines is 1. The van der Waals surface area contributed by atoms with Crippen molar-refractivity contribution in [1.29, 1.82) is 0 Å². The second-order valence-corrected chi connectivity index (χ2v) is 4.38. The lowest BCUT2D eigenvalue weighted by molar-refractivity contribution is 0.474. The first-order chi connectivity index (χ1) is 7.69. The number of hydrogen-bond acceptors (Lipinski definition) is 2. The maximum absolute atomic E-state index is 9.56. The summed E-state index contributed by atoms with van der Waals surface area (Å²) >= 11 is 0. The highest BCUT2D eigenvalue weighted by Gasteiger charge is 2.08. The van der Waals surface area contributed by atoms with Crippen LogP contribution in [-0.2, 0) is 12.8 Å². The smallest absolute Gasteiger partial charge is 0.117 e. The Hall–Kier alpha value is -1.18. The van der Waals surface area contributed by atoms with Crippen LogP contribution in [0.2, 0.25) is 0 Å². The molecular weight excluding hydrogens is 198 g/mol. The van der Waals surface area contributed by atoms with Gasteiger partial charge in [-0.25, -0.2) is 0 Å². The van der Waals surface area contributed by atoms with Crippen molar-refractivity contribution in [3.63, 3.8) is 0 Å². The zero-order valence-corrected chi connectivity index (χ0v) is 10.4. The molecule has 0 amide bonds. The van der Waals surface area contributed by atoms with Crippen molar-refractivity contribution in [1.82, 2.24) is 0 Å². The van der Waals surface area contributed by atoms with Gasteiger partial charge in [-0.05, 0) is 42.9 Å². The minimum atomic E-state index is 0.295. The molecule has 2 nitrogen and oxygen atoms in total. The molecule has 0 aliphatic carbocycles. The molecular formula is C14H23NO. The Kier molecular flexibility index (Phi) is 5.17. The van der Waals surface area contributed by atoms with Crippen molar-refractivity contribution in [2.24, 2.45) is 0 Å². The summed E-state index contributed by atoms with van der Waals surface area (Å²) in [5, 5.41) is 9.56. The molecule has 0 aromatic heterocycles. The van der Waals surface area contributed by atoms with Crippen molar-refractivity contribution in [2.45, 2.75) is 52.4 Å². The number of aryl methyl sites for hydroxylation is 1. The van der Waals surface area contributed by atoms with E-state index in [0.29, 0.717) is 5.75 Å². The van der Waals surface area contributed by atoms with Crippen molar-refractivity contribution in [2.75, 3.05) is 5.73 Å². The third kappa shape index (κ3) is 3.44. The second kappa shape index (κ2) is 6.41. The molecule has 90 valence electrons. The van der Waals surface area contributed by atoms with Crippen LogP contribution in [-0.4, -0.2) is 5.11 Å². The van der Waals surface area contributed by atoms with Gasteiger partial charge in [-0.1, -0.05) is 26.7 Å². The molecule has 0 unspecified atom stereocenters. The molecule has 0 atom stereocenters. The lowest BCUT2D eigenvalue weighted by atomic mass is 9.96. The highest BCUT2D eigenvalue weighted by Crippen LogP contribution is 2.26. The van der Waals surface area contributed by atoms with Gasteiger partial charge in [0, 0.05) is 11.8 Å². The number of nitrogens with two attached hydrogens (primary N) is 1. The number of nitrogen functional groups attached to an aromatic ring is 1. The van der Waals surface area contributed by atoms with Gasteiger partial charge in [-0.3, -0.25) is 0 Å². The third-order valence-electron chi connectivity index (χ3n) is 2.94. The van der Waals surface area contributed by atoms with E-state index in [0.717, 1.165) is 31.4 Å². The number of aromatic hydroxyl groups is 1. The topological polar surface area (TPSA) is 46.2 Å². The van der Waals surface area contributed by atoms with Crippen LogP contribution in [0.1, 0.15) is 50.7 Å². The van der Waals surface area contributed by atoms with Gasteiger partial charge < -0.3 is 10.8 Å². The van der Waals surface area contributed by atoms with Crippen LogP contribution in [0.25, 0.3) is 0 Å². The van der Waals surface area contributed by atoms with E-state index < -0.39 is 0 Å². The molecule has 1 aromatic carbocycles. The average molecular weight is 221 g/mol.